The fraction of sp³-hybridized carbons (Fsp3) is 0.562. The number of nitrogens with one attached hydrogen (secondary N) is 2. The minimum absolute atomic E-state index is 0.0933. The van der Waals surface area contributed by atoms with Crippen LogP contribution in [0, 0.1) is 0 Å². The van der Waals surface area contributed by atoms with Crippen LogP contribution in [0.4, 0.5) is 5.69 Å². The van der Waals surface area contributed by atoms with E-state index in [4.69, 9.17) is 9.47 Å². The second-order valence-corrected chi connectivity index (χ2v) is 5.54. The van der Waals surface area contributed by atoms with Crippen LogP contribution in [-0.4, -0.2) is 31.8 Å². The van der Waals surface area contributed by atoms with Gasteiger partial charge in [0.2, 0.25) is 0 Å². The van der Waals surface area contributed by atoms with Gasteiger partial charge < -0.3 is 20.1 Å². The number of hydrogen-bond donors (Lipinski definition) is 2. The van der Waals surface area contributed by atoms with Gasteiger partial charge in [0.1, 0.15) is 5.75 Å². The number of fused-ring (bicyclic) bond motifs is 1. The van der Waals surface area contributed by atoms with Crippen LogP contribution in [0.2, 0.25) is 0 Å². The second kappa shape index (κ2) is 7.43. The van der Waals surface area contributed by atoms with E-state index >= 15 is 0 Å². The summed E-state index contributed by atoms with van der Waals surface area (Å²) in [5, 5.41) is 6.29. The fourth-order valence-corrected chi connectivity index (χ4v) is 2.20. The Kier molecular flexibility index (Phi) is 5.59. The van der Waals surface area contributed by atoms with Gasteiger partial charge in [-0.25, -0.2) is 0 Å². The summed E-state index contributed by atoms with van der Waals surface area (Å²) in [5.74, 6) is 0.627. The van der Waals surface area contributed by atoms with Gasteiger partial charge >= 0.3 is 0 Å². The van der Waals surface area contributed by atoms with E-state index in [9.17, 15) is 4.79 Å². The third-order valence-corrected chi connectivity index (χ3v) is 3.36. The number of anilines is 1. The molecule has 2 rings (SSSR count). The molecular weight excluding hydrogens is 268 g/mol. The second-order valence-electron chi connectivity index (χ2n) is 5.54. The monoisotopic (exact) mass is 292 g/mol. The number of amides is 1. The van der Waals surface area contributed by atoms with E-state index in [0.717, 1.165) is 36.6 Å². The topological polar surface area (TPSA) is 59.6 Å². The van der Waals surface area contributed by atoms with Crippen LogP contribution in [0.1, 0.15) is 38.8 Å². The molecular formula is C16H24N2O3. The predicted molar refractivity (Wildman–Crippen MR) is 82.7 cm³/mol. The van der Waals surface area contributed by atoms with Gasteiger partial charge in [0, 0.05) is 12.6 Å². The zero-order chi connectivity index (χ0) is 15.2. The van der Waals surface area contributed by atoms with Crippen LogP contribution in [0.3, 0.4) is 0 Å². The fourth-order valence-electron chi connectivity index (χ4n) is 2.20. The van der Waals surface area contributed by atoms with Gasteiger partial charge in [0.15, 0.2) is 6.61 Å². The highest BCUT2D eigenvalue weighted by atomic mass is 16.5. The van der Waals surface area contributed by atoms with Crippen molar-refractivity contribution in [2.24, 2.45) is 0 Å². The third-order valence-electron chi connectivity index (χ3n) is 3.36. The highest BCUT2D eigenvalue weighted by Gasteiger charge is 2.17. The summed E-state index contributed by atoms with van der Waals surface area (Å²) in [4.78, 5) is 11.3. The van der Waals surface area contributed by atoms with E-state index in [2.05, 4.69) is 17.6 Å². The van der Waals surface area contributed by atoms with Gasteiger partial charge in [-0.2, -0.15) is 0 Å². The average molecular weight is 292 g/mol. The summed E-state index contributed by atoms with van der Waals surface area (Å²) in [6, 6.07) is 6.12. The Morgan fingerprint density at radius 2 is 2.19 bits per heavy atom. The maximum atomic E-state index is 11.3. The molecule has 1 amide bonds. The molecule has 1 aliphatic rings. The lowest BCUT2D eigenvalue weighted by molar-refractivity contribution is -0.118. The molecule has 0 saturated carbocycles. The third kappa shape index (κ3) is 4.72. The number of ether oxygens (including phenoxy) is 2. The summed E-state index contributed by atoms with van der Waals surface area (Å²) in [5.41, 5.74) is 1.88. The molecule has 1 unspecified atom stereocenters. The molecule has 0 radical (unpaired) electrons. The largest absolute Gasteiger partial charge is 0.482 e. The molecule has 5 heteroatoms. The van der Waals surface area contributed by atoms with Crippen molar-refractivity contribution in [1.82, 2.24) is 5.32 Å². The first kappa shape index (κ1) is 15.8. The molecule has 2 N–H and O–H groups in total. The quantitative estimate of drug-likeness (QED) is 0.758. The zero-order valence-electron chi connectivity index (χ0n) is 12.9. The number of rotatable bonds is 7. The van der Waals surface area contributed by atoms with Crippen molar-refractivity contribution in [3.05, 3.63) is 23.8 Å². The molecule has 0 spiro atoms. The van der Waals surface area contributed by atoms with Gasteiger partial charge in [-0.3, -0.25) is 4.79 Å². The van der Waals surface area contributed by atoms with Crippen LogP contribution in [0.15, 0.2) is 18.2 Å². The Labute approximate surface area is 126 Å². The molecule has 1 aliphatic heterocycles. The van der Waals surface area contributed by atoms with Crippen molar-refractivity contribution in [2.45, 2.75) is 39.3 Å². The van der Waals surface area contributed by atoms with E-state index in [1.807, 2.05) is 32.0 Å². The van der Waals surface area contributed by atoms with Crippen molar-refractivity contribution in [3.8, 4) is 5.75 Å². The Hall–Kier alpha value is -1.59. The normalized spacial score (nSPS) is 15.3. The SMILES string of the molecule is CC(C)OCCCNC(C)c1ccc2c(c1)NC(=O)CO2. The molecule has 21 heavy (non-hydrogen) atoms. The number of benzene rings is 1. The zero-order valence-corrected chi connectivity index (χ0v) is 12.9. The Morgan fingerprint density at radius 1 is 1.38 bits per heavy atom. The van der Waals surface area contributed by atoms with Crippen LogP contribution in [0.5, 0.6) is 5.75 Å². The van der Waals surface area contributed by atoms with Crippen LogP contribution >= 0.6 is 0 Å². The average Bonchev–Trinajstić information content (AvgIpc) is 2.45. The van der Waals surface area contributed by atoms with E-state index in [-0.39, 0.29) is 24.7 Å². The summed E-state index contributed by atoms with van der Waals surface area (Å²) >= 11 is 0. The number of carbonyl (C=O) groups excluding carboxylic acids is 1. The van der Waals surface area contributed by atoms with Crippen molar-refractivity contribution < 1.29 is 14.3 Å². The van der Waals surface area contributed by atoms with Crippen LogP contribution in [-0.2, 0) is 9.53 Å². The van der Waals surface area contributed by atoms with Crippen molar-refractivity contribution >= 4 is 11.6 Å². The molecule has 1 atom stereocenters. The summed E-state index contributed by atoms with van der Waals surface area (Å²) in [6.07, 6.45) is 1.26. The van der Waals surface area contributed by atoms with Crippen molar-refractivity contribution in [2.75, 3.05) is 25.1 Å². The number of carbonyl (C=O) groups is 1. The Balaban J connectivity index is 1.84. The first-order valence-electron chi connectivity index (χ1n) is 7.48. The van der Waals surface area contributed by atoms with Gasteiger partial charge in [0.05, 0.1) is 11.8 Å². The van der Waals surface area contributed by atoms with Gasteiger partial charge in [0.25, 0.3) is 5.91 Å². The maximum Gasteiger partial charge on any atom is 0.262 e. The highest BCUT2D eigenvalue weighted by Crippen LogP contribution is 2.30. The molecule has 1 heterocycles. The molecule has 0 fully saturated rings. The van der Waals surface area contributed by atoms with E-state index in [1.54, 1.807) is 0 Å². The molecule has 116 valence electrons. The van der Waals surface area contributed by atoms with Crippen molar-refractivity contribution in [1.29, 1.82) is 0 Å². The Bertz CT molecular complexity index is 488. The minimum Gasteiger partial charge on any atom is -0.482 e. The van der Waals surface area contributed by atoms with E-state index in [0.29, 0.717) is 0 Å². The molecule has 0 aromatic heterocycles. The van der Waals surface area contributed by atoms with Crippen molar-refractivity contribution in [3.63, 3.8) is 0 Å². The van der Waals surface area contributed by atoms with Gasteiger partial charge in [-0.05, 0) is 51.4 Å². The maximum absolute atomic E-state index is 11.3. The lowest BCUT2D eigenvalue weighted by Gasteiger charge is -2.21. The lowest BCUT2D eigenvalue weighted by atomic mass is 10.1. The van der Waals surface area contributed by atoms with E-state index < -0.39 is 0 Å². The minimum atomic E-state index is -0.105. The molecule has 5 nitrogen and oxygen atoms in total. The first-order chi connectivity index (χ1) is 10.1. The highest BCUT2D eigenvalue weighted by molar-refractivity contribution is 5.95. The number of hydrogen-bond acceptors (Lipinski definition) is 4. The summed E-state index contributed by atoms with van der Waals surface area (Å²) in [6.45, 7) is 7.95. The molecule has 0 bridgehead atoms. The van der Waals surface area contributed by atoms with Crippen LogP contribution in [0.25, 0.3) is 0 Å². The first-order valence-corrected chi connectivity index (χ1v) is 7.48. The summed E-state index contributed by atoms with van der Waals surface area (Å²) in [7, 11) is 0. The Morgan fingerprint density at radius 3 is 2.95 bits per heavy atom. The smallest absolute Gasteiger partial charge is 0.262 e. The molecule has 0 saturated heterocycles. The molecule has 0 aliphatic carbocycles. The standard InChI is InChI=1S/C16H24N2O3/c1-11(2)20-8-4-7-17-12(3)13-5-6-15-14(9-13)18-16(19)10-21-15/h5-6,9,11-12,17H,4,7-8,10H2,1-3H3,(H,18,19). The van der Waals surface area contributed by atoms with Crippen LogP contribution < -0.4 is 15.4 Å². The predicted octanol–water partition coefficient (Wildman–Crippen LogP) is 2.48. The van der Waals surface area contributed by atoms with E-state index in [1.165, 1.54) is 0 Å². The van der Waals surface area contributed by atoms with Gasteiger partial charge in [-0.15, -0.1) is 0 Å². The molecule has 1 aromatic rings. The lowest BCUT2D eigenvalue weighted by Crippen LogP contribution is -2.26. The summed E-state index contributed by atoms with van der Waals surface area (Å²) < 4.78 is 10.9. The molecule has 1 aromatic carbocycles. The van der Waals surface area contributed by atoms with Gasteiger partial charge in [-0.1, -0.05) is 6.07 Å².